The molecule has 2 amide bonds. The van der Waals surface area contributed by atoms with E-state index in [9.17, 15) is 14.4 Å². The smallest absolute Gasteiger partial charge is 0.411 e. The molecule has 2 rings (SSSR count). The van der Waals surface area contributed by atoms with Crippen LogP contribution in [0.2, 0.25) is 0 Å². The van der Waals surface area contributed by atoms with Crippen molar-refractivity contribution in [3.8, 4) is 0 Å². The number of carbonyl (C=O) groups excluding carboxylic acids is 2. The topological polar surface area (TPSA) is 114 Å². The second-order valence-electron chi connectivity index (χ2n) is 6.72. The molecule has 0 aromatic heterocycles. The molecule has 29 heavy (non-hydrogen) atoms. The van der Waals surface area contributed by atoms with Crippen LogP contribution in [0.25, 0.3) is 0 Å². The molecule has 8 heteroatoms. The second kappa shape index (κ2) is 12.6. The maximum Gasteiger partial charge on any atom is 0.411 e. The number of rotatable bonds is 9. The molecule has 0 spiro atoms. The van der Waals surface area contributed by atoms with E-state index in [2.05, 4.69) is 22.8 Å². The number of allylic oxidation sites excluding steroid dienone is 2. The number of benzene rings is 1. The second-order valence-corrected chi connectivity index (χ2v) is 6.72. The van der Waals surface area contributed by atoms with Gasteiger partial charge in [-0.1, -0.05) is 12.2 Å². The number of carbonyl (C=O) groups is 3. The van der Waals surface area contributed by atoms with Gasteiger partial charge in [-0.15, -0.1) is 0 Å². The van der Waals surface area contributed by atoms with Crippen LogP contribution in [0, 0.1) is 0 Å². The number of carboxylic acid groups (broad SMARTS) is 1. The number of amides is 2. The fourth-order valence-corrected chi connectivity index (χ4v) is 2.85. The zero-order valence-electron chi connectivity index (χ0n) is 16.4. The van der Waals surface area contributed by atoms with Crippen molar-refractivity contribution in [3.05, 3.63) is 42.0 Å². The summed E-state index contributed by atoms with van der Waals surface area (Å²) in [5.41, 5.74) is 0.996. The summed E-state index contributed by atoms with van der Waals surface area (Å²) in [6, 6.07) is 6.49. The average Bonchev–Trinajstić information content (AvgIpc) is 2.66. The molecule has 0 saturated carbocycles. The Morgan fingerprint density at radius 3 is 2.55 bits per heavy atom. The number of nitrogens with one attached hydrogen (secondary N) is 2. The zero-order valence-corrected chi connectivity index (χ0v) is 16.4. The van der Waals surface area contributed by atoms with Crippen LogP contribution in [0.5, 0.6) is 0 Å². The van der Waals surface area contributed by atoms with Gasteiger partial charge in [0.05, 0.1) is 19.6 Å². The lowest BCUT2D eigenvalue weighted by Gasteiger charge is -2.18. The van der Waals surface area contributed by atoms with E-state index in [0.717, 1.165) is 32.1 Å². The normalized spacial score (nSPS) is 17.4. The van der Waals surface area contributed by atoms with Gasteiger partial charge in [0.15, 0.2) is 0 Å². The van der Waals surface area contributed by atoms with E-state index in [0.29, 0.717) is 11.3 Å². The third kappa shape index (κ3) is 9.25. The minimum atomic E-state index is -0.923. The molecule has 0 heterocycles. The minimum Gasteiger partial charge on any atom is -0.481 e. The van der Waals surface area contributed by atoms with Gasteiger partial charge in [0.1, 0.15) is 6.10 Å². The summed E-state index contributed by atoms with van der Waals surface area (Å²) in [6.07, 6.45) is 8.26. The molecule has 0 aliphatic heterocycles. The summed E-state index contributed by atoms with van der Waals surface area (Å²) in [5, 5.41) is 13.9. The predicted molar refractivity (Wildman–Crippen MR) is 108 cm³/mol. The van der Waals surface area contributed by atoms with Crippen molar-refractivity contribution in [3.63, 3.8) is 0 Å². The van der Waals surface area contributed by atoms with Gasteiger partial charge in [0.2, 0.25) is 0 Å². The maximum atomic E-state index is 12.1. The van der Waals surface area contributed by atoms with Crippen LogP contribution in [-0.2, 0) is 14.3 Å². The molecule has 1 aliphatic rings. The van der Waals surface area contributed by atoms with E-state index < -0.39 is 12.1 Å². The van der Waals surface area contributed by atoms with Crippen LogP contribution in [0.15, 0.2) is 36.4 Å². The molecule has 1 atom stereocenters. The molecular formula is C21H28N2O6. The Morgan fingerprint density at radius 2 is 1.79 bits per heavy atom. The number of hydrogen-bond donors (Lipinski definition) is 3. The van der Waals surface area contributed by atoms with Gasteiger partial charge in [-0.25, -0.2) is 4.79 Å². The molecule has 1 aliphatic carbocycles. The molecule has 3 N–H and O–H groups in total. The number of ether oxygens (including phenoxy) is 2. The van der Waals surface area contributed by atoms with Gasteiger partial charge >= 0.3 is 12.1 Å². The predicted octanol–water partition coefficient (Wildman–Crippen LogP) is 3.35. The zero-order chi connectivity index (χ0) is 20.9. The van der Waals surface area contributed by atoms with Gasteiger partial charge in [-0.05, 0) is 56.4 Å². The fraction of sp³-hybridized carbons (Fsp3) is 0.476. The SMILES string of the molecule is O=C(O)CCOCCNC(=O)c1ccc(NC(=O)OC2CC/C=C/CCC2)cc1. The molecule has 8 nitrogen and oxygen atoms in total. The first-order valence-electron chi connectivity index (χ1n) is 9.85. The lowest BCUT2D eigenvalue weighted by atomic mass is 10.0. The summed E-state index contributed by atoms with van der Waals surface area (Å²) in [6.45, 7) is 0.627. The van der Waals surface area contributed by atoms with Crippen molar-refractivity contribution in [1.29, 1.82) is 0 Å². The molecule has 158 valence electrons. The van der Waals surface area contributed by atoms with Crippen LogP contribution in [-0.4, -0.2) is 48.9 Å². The molecule has 0 bridgehead atoms. The highest BCUT2D eigenvalue weighted by atomic mass is 16.6. The summed E-state index contributed by atoms with van der Waals surface area (Å²) in [4.78, 5) is 34.5. The quantitative estimate of drug-likeness (QED) is 0.430. The van der Waals surface area contributed by atoms with Crippen molar-refractivity contribution >= 4 is 23.7 Å². The van der Waals surface area contributed by atoms with Crippen molar-refractivity contribution in [1.82, 2.24) is 5.32 Å². The van der Waals surface area contributed by atoms with E-state index in [1.807, 2.05) is 0 Å². The summed E-state index contributed by atoms with van der Waals surface area (Å²) >= 11 is 0. The third-order valence-corrected chi connectivity index (χ3v) is 4.38. The van der Waals surface area contributed by atoms with Crippen LogP contribution < -0.4 is 10.6 Å². The summed E-state index contributed by atoms with van der Waals surface area (Å²) in [7, 11) is 0. The Bertz CT molecular complexity index is 702. The van der Waals surface area contributed by atoms with Crippen molar-refractivity contribution in [2.45, 2.75) is 44.6 Å². The van der Waals surface area contributed by atoms with Gasteiger partial charge in [-0.2, -0.15) is 0 Å². The number of carboxylic acids is 1. The standard InChI is InChI=1S/C21H28N2O6/c24-19(25)12-14-28-15-13-22-20(26)16-8-10-17(11-9-16)23-21(27)29-18-6-4-2-1-3-5-7-18/h1-2,8-11,18H,3-7,12-15H2,(H,22,26)(H,23,27)(H,24,25)/b2-1+. The lowest BCUT2D eigenvalue weighted by molar-refractivity contribution is -0.138. The molecule has 0 saturated heterocycles. The van der Waals surface area contributed by atoms with Crippen LogP contribution >= 0.6 is 0 Å². The summed E-state index contributed by atoms with van der Waals surface area (Å²) in [5.74, 6) is -1.20. The first-order valence-corrected chi connectivity index (χ1v) is 9.85. The van der Waals surface area contributed by atoms with Crippen molar-refractivity contribution in [2.24, 2.45) is 0 Å². The Balaban J connectivity index is 1.70. The van der Waals surface area contributed by atoms with Gasteiger partial charge < -0.3 is 19.9 Å². The monoisotopic (exact) mass is 404 g/mol. The highest BCUT2D eigenvalue weighted by Crippen LogP contribution is 2.17. The molecular weight excluding hydrogens is 376 g/mol. The Hall–Kier alpha value is -2.87. The van der Waals surface area contributed by atoms with Crippen LogP contribution in [0.1, 0.15) is 48.9 Å². The van der Waals surface area contributed by atoms with Crippen LogP contribution in [0.4, 0.5) is 10.5 Å². The highest BCUT2D eigenvalue weighted by molar-refractivity contribution is 5.95. The molecule has 0 fully saturated rings. The largest absolute Gasteiger partial charge is 0.481 e. The molecule has 1 aromatic carbocycles. The number of hydrogen-bond acceptors (Lipinski definition) is 5. The summed E-state index contributed by atoms with van der Waals surface area (Å²) < 4.78 is 10.6. The Kier molecular flexibility index (Phi) is 9.71. The lowest BCUT2D eigenvalue weighted by Crippen LogP contribution is -2.27. The number of anilines is 1. The Labute approximate surface area is 170 Å². The van der Waals surface area contributed by atoms with Gasteiger partial charge in [0, 0.05) is 17.8 Å². The first-order chi connectivity index (χ1) is 14.0. The van der Waals surface area contributed by atoms with Crippen molar-refractivity contribution < 1.29 is 29.0 Å². The van der Waals surface area contributed by atoms with Gasteiger partial charge in [0.25, 0.3) is 5.91 Å². The van der Waals surface area contributed by atoms with E-state index in [1.165, 1.54) is 0 Å². The third-order valence-electron chi connectivity index (χ3n) is 4.38. The molecule has 1 unspecified atom stereocenters. The first kappa shape index (κ1) is 22.4. The number of aliphatic carboxylic acids is 1. The molecule has 0 radical (unpaired) electrons. The minimum absolute atomic E-state index is 0.0668. The van der Waals surface area contributed by atoms with Crippen molar-refractivity contribution in [2.75, 3.05) is 25.1 Å². The maximum absolute atomic E-state index is 12.1. The van der Waals surface area contributed by atoms with E-state index >= 15 is 0 Å². The van der Waals surface area contributed by atoms with E-state index in [-0.39, 0.29) is 38.2 Å². The van der Waals surface area contributed by atoms with E-state index in [4.69, 9.17) is 14.6 Å². The van der Waals surface area contributed by atoms with Gasteiger partial charge in [-0.3, -0.25) is 14.9 Å². The Morgan fingerprint density at radius 1 is 1.03 bits per heavy atom. The van der Waals surface area contributed by atoms with Crippen LogP contribution in [0.3, 0.4) is 0 Å². The average molecular weight is 404 g/mol. The highest BCUT2D eigenvalue weighted by Gasteiger charge is 2.15. The molecule has 1 aromatic rings. The van der Waals surface area contributed by atoms with E-state index in [1.54, 1.807) is 24.3 Å². The fourth-order valence-electron chi connectivity index (χ4n) is 2.85.